The summed E-state index contributed by atoms with van der Waals surface area (Å²) in [6.45, 7) is 0. The lowest BCUT2D eigenvalue weighted by Gasteiger charge is -2.14. The summed E-state index contributed by atoms with van der Waals surface area (Å²) in [6, 6.07) is 5.26. The molecule has 7 heteroatoms. The predicted molar refractivity (Wildman–Crippen MR) is 74.6 cm³/mol. The van der Waals surface area contributed by atoms with Crippen molar-refractivity contribution >= 4 is 40.5 Å². The Kier molecular flexibility index (Phi) is 3.35. The fourth-order valence-corrected chi connectivity index (χ4v) is 2.76. The van der Waals surface area contributed by atoms with E-state index < -0.39 is 0 Å². The first-order valence-corrected chi connectivity index (χ1v) is 6.96. The van der Waals surface area contributed by atoms with Crippen LogP contribution in [-0.4, -0.2) is 32.4 Å². The van der Waals surface area contributed by atoms with Crippen LogP contribution >= 0.6 is 23.4 Å². The van der Waals surface area contributed by atoms with Crippen LogP contribution in [0, 0.1) is 0 Å². The minimum absolute atomic E-state index is 0.0562. The van der Waals surface area contributed by atoms with Crippen molar-refractivity contribution in [1.29, 1.82) is 0 Å². The fraction of sp³-hybridized carbons (Fsp3) is 0.167. The number of carbonyl (C=O) groups excluding carboxylic acids is 1. The summed E-state index contributed by atoms with van der Waals surface area (Å²) in [4.78, 5) is 20.5. The third-order valence-corrected chi connectivity index (χ3v) is 3.94. The van der Waals surface area contributed by atoms with E-state index in [9.17, 15) is 4.79 Å². The number of aromatic amines is 1. The van der Waals surface area contributed by atoms with Crippen LogP contribution in [0.3, 0.4) is 0 Å². The first-order valence-electron chi connectivity index (χ1n) is 5.60. The van der Waals surface area contributed by atoms with Crippen LogP contribution in [0.5, 0.6) is 0 Å². The van der Waals surface area contributed by atoms with Crippen LogP contribution in [0.15, 0.2) is 34.7 Å². The molecule has 19 heavy (non-hydrogen) atoms. The second-order valence-corrected chi connectivity index (χ2v) is 5.36. The van der Waals surface area contributed by atoms with Crippen LogP contribution < -0.4 is 0 Å². The number of aliphatic imine (C=N–C) groups is 1. The molecule has 2 aromatic rings. The van der Waals surface area contributed by atoms with E-state index in [0.29, 0.717) is 33.6 Å². The summed E-state index contributed by atoms with van der Waals surface area (Å²) in [7, 11) is 0. The number of ketones is 1. The second-order valence-electron chi connectivity index (χ2n) is 3.99. The Bertz CT molecular complexity index is 654. The lowest BCUT2D eigenvalue weighted by atomic mass is 10.0. The Balaban J connectivity index is 1.84. The second kappa shape index (κ2) is 5.14. The molecule has 0 saturated carbocycles. The van der Waals surface area contributed by atoms with Crippen molar-refractivity contribution < 1.29 is 4.79 Å². The van der Waals surface area contributed by atoms with Crippen LogP contribution in [-0.2, 0) is 0 Å². The van der Waals surface area contributed by atoms with Crippen molar-refractivity contribution in [2.45, 2.75) is 11.6 Å². The van der Waals surface area contributed by atoms with E-state index in [0.717, 1.165) is 5.71 Å². The first-order chi connectivity index (χ1) is 9.24. The molecule has 1 aromatic heterocycles. The standard InChI is InChI=1S/C12H9ClN4OS/c13-9-3-1-2-8-10(18)4-7(16-11(8)9)5-19-12-14-6-15-17-12/h1-3,6H,4-5H2,(H,14,15,17). The molecular formula is C12H9ClN4OS. The molecule has 0 aliphatic carbocycles. The molecule has 0 amide bonds. The van der Waals surface area contributed by atoms with Gasteiger partial charge in [0, 0.05) is 17.0 Å². The van der Waals surface area contributed by atoms with Crippen LogP contribution in [0.4, 0.5) is 5.69 Å². The summed E-state index contributed by atoms with van der Waals surface area (Å²) in [6.07, 6.45) is 1.77. The number of carbonyl (C=O) groups is 1. The average Bonchev–Trinajstić information content (AvgIpc) is 2.91. The quantitative estimate of drug-likeness (QED) is 0.883. The molecule has 96 valence electrons. The summed E-state index contributed by atoms with van der Waals surface area (Å²) in [5.74, 6) is 0.645. The van der Waals surface area contributed by atoms with E-state index in [2.05, 4.69) is 20.2 Å². The van der Waals surface area contributed by atoms with Crippen molar-refractivity contribution in [3.63, 3.8) is 0 Å². The Morgan fingerprint density at radius 3 is 3.11 bits per heavy atom. The Morgan fingerprint density at radius 2 is 2.32 bits per heavy atom. The highest BCUT2D eigenvalue weighted by molar-refractivity contribution is 7.99. The number of rotatable bonds is 3. The summed E-state index contributed by atoms with van der Waals surface area (Å²) < 4.78 is 0. The molecule has 1 aromatic carbocycles. The van der Waals surface area contributed by atoms with Gasteiger partial charge in [-0.1, -0.05) is 29.4 Å². The molecule has 3 rings (SSSR count). The third-order valence-electron chi connectivity index (χ3n) is 2.69. The van der Waals surface area contributed by atoms with E-state index in [4.69, 9.17) is 11.6 Å². The lowest BCUT2D eigenvalue weighted by molar-refractivity contribution is 0.1000. The van der Waals surface area contributed by atoms with Gasteiger partial charge < -0.3 is 0 Å². The topological polar surface area (TPSA) is 71.0 Å². The molecule has 5 nitrogen and oxygen atoms in total. The first kappa shape index (κ1) is 12.4. The van der Waals surface area contributed by atoms with Gasteiger partial charge in [0.2, 0.25) is 0 Å². The molecule has 0 radical (unpaired) electrons. The van der Waals surface area contributed by atoms with E-state index in [1.54, 1.807) is 18.2 Å². The van der Waals surface area contributed by atoms with Crippen molar-refractivity contribution in [3.8, 4) is 0 Å². The molecule has 0 saturated heterocycles. The van der Waals surface area contributed by atoms with E-state index >= 15 is 0 Å². The highest BCUT2D eigenvalue weighted by atomic mass is 35.5. The van der Waals surface area contributed by atoms with Crippen LogP contribution in [0.25, 0.3) is 0 Å². The zero-order chi connectivity index (χ0) is 13.2. The number of hydrogen-bond donors (Lipinski definition) is 1. The Hall–Kier alpha value is -1.66. The number of nitrogens with one attached hydrogen (secondary N) is 1. The van der Waals surface area contributed by atoms with Gasteiger partial charge in [-0.25, -0.2) is 4.98 Å². The SMILES string of the molecule is O=C1CC(CSc2ncn[nH]2)=Nc2c(Cl)cccc21. The van der Waals surface area contributed by atoms with Gasteiger partial charge in [-0.15, -0.1) is 0 Å². The van der Waals surface area contributed by atoms with Crippen molar-refractivity contribution in [2.75, 3.05) is 5.75 Å². The number of benzene rings is 1. The molecule has 0 bridgehead atoms. The minimum atomic E-state index is 0.0562. The number of H-pyrrole nitrogens is 1. The normalized spacial score (nSPS) is 14.2. The summed E-state index contributed by atoms with van der Waals surface area (Å²) in [5, 5.41) is 7.74. The maximum Gasteiger partial charge on any atom is 0.183 e. The molecule has 2 heterocycles. The smallest absolute Gasteiger partial charge is 0.183 e. The maximum atomic E-state index is 12.0. The van der Waals surface area contributed by atoms with Gasteiger partial charge in [-0.2, -0.15) is 5.10 Å². The maximum absolute atomic E-state index is 12.0. The van der Waals surface area contributed by atoms with Crippen molar-refractivity contribution in [2.24, 2.45) is 4.99 Å². The Morgan fingerprint density at radius 1 is 1.42 bits per heavy atom. The molecule has 0 unspecified atom stereocenters. The number of para-hydroxylation sites is 1. The summed E-state index contributed by atoms with van der Waals surface area (Å²) in [5.41, 5.74) is 1.97. The number of fused-ring (bicyclic) bond motifs is 1. The third kappa shape index (κ3) is 2.54. The van der Waals surface area contributed by atoms with Gasteiger partial charge in [-0.05, 0) is 12.1 Å². The molecule has 1 aliphatic rings. The number of Topliss-reactive ketones (excluding diaryl/α,β-unsaturated/α-hetero) is 1. The number of hydrogen-bond acceptors (Lipinski definition) is 5. The number of halogens is 1. The highest BCUT2D eigenvalue weighted by Crippen LogP contribution is 2.33. The van der Waals surface area contributed by atoms with Gasteiger partial charge in [0.1, 0.15) is 6.33 Å². The van der Waals surface area contributed by atoms with Gasteiger partial charge in [0.15, 0.2) is 10.9 Å². The monoisotopic (exact) mass is 292 g/mol. The van der Waals surface area contributed by atoms with Crippen LogP contribution in [0.1, 0.15) is 16.8 Å². The number of aromatic nitrogens is 3. The zero-order valence-electron chi connectivity index (χ0n) is 9.76. The molecule has 0 spiro atoms. The van der Waals surface area contributed by atoms with Gasteiger partial charge in [0.25, 0.3) is 0 Å². The molecule has 1 N–H and O–H groups in total. The van der Waals surface area contributed by atoms with Gasteiger partial charge >= 0.3 is 0 Å². The Labute approximate surface area is 118 Å². The number of thioether (sulfide) groups is 1. The van der Waals surface area contributed by atoms with Gasteiger partial charge in [-0.3, -0.25) is 14.9 Å². The molecule has 0 atom stereocenters. The minimum Gasteiger partial charge on any atom is -0.294 e. The predicted octanol–water partition coefficient (Wildman–Crippen LogP) is 2.91. The molecular weight excluding hydrogens is 284 g/mol. The van der Waals surface area contributed by atoms with Crippen LogP contribution in [0.2, 0.25) is 5.02 Å². The van der Waals surface area contributed by atoms with Gasteiger partial charge in [0.05, 0.1) is 17.1 Å². The molecule has 0 fully saturated rings. The average molecular weight is 293 g/mol. The molecule has 1 aliphatic heterocycles. The van der Waals surface area contributed by atoms with E-state index in [1.165, 1.54) is 18.1 Å². The highest BCUT2D eigenvalue weighted by Gasteiger charge is 2.21. The largest absolute Gasteiger partial charge is 0.294 e. The fourth-order valence-electron chi connectivity index (χ4n) is 1.83. The van der Waals surface area contributed by atoms with Crippen molar-refractivity contribution in [1.82, 2.24) is 15.2 Å². The van der Waals surface area contributed by atoms with Crippen molar-refractivity contribution in [3.05, 3.63) is 35.1 Å². The lowest BCUT2D eigenvalue weighted by Crippen LogP contribution is -2.15. The zero-order valence-corrected chi connectivity index (χ0v) is 11.3. The summed E-state index contributed by atoms with van der Waals surface area (Å²) >= 11 is 7.54. The van der Waals surface area contributed by atoms with E-state index in [-0.39, 0.29) is 5.78 Å². The van der Waals surface area contributed by atoms with E-state index in [1.807, 2.05) is 0 Å². The number of nitrogens with zero attached hydrogens (tertiary/aromatic N) is 3.